The highest BCUT2D eigenvalue weighted by Crippen LogP contribution is 2.18. The van der Waals surface area contributed by atoms with Crippen molar-refractivity contribution in [1.82, 2.24) is 10.6 Å². The molecule has 0 unspecified atom stereocenters. The van der Waals surface area contributed by atoms with Crippen molar-refractivity contribution in [3.63, 3.8) is 0 Å². The average Bonchev–Trinajstić information content (AvgIpc) is 2.43. The number of nitrogens with one attached hydrogen (secondary N) is 2. The molecule has 114 valence electrons. The molecule has 2 N–H and O–H groups in total. The first-order valence-corrected chi connectivity index (χ1v) is 7.20. The number of benzene rings is 1. The molecule has 1 amide bonds. The topological polar surface area (TPSA) is 84.3 Å². The first-order chi connectivity index (χ1) is 9.95. The second-order valence-corrected chi connectivity index (χ2v) is 5.08. The number of unbranched alkanes of at least 4 members (excludes halogenated alkanes) is 2. The smallest absolute Gasteiger partial charge is 0.272 e. The Hall–Kier alpha value is -2.02. The van der Waals surface area contributed by atoms with E-state index < -0.39 is 4.92 Å². The highest BCUT2D eigenvalue weighted by Gasteiger charge is 2.14. The standard InChI is InChI=1S/C14H19N3O3S/c1-3-4-5-8-15-14(21)16-13(18)11-6-7-12(17(19)20)10(2)9-11/h6-7,9H,3-5,8H2,1-2H3,(H2,15,16,18,21). The molecule has 0 aliphatic rings. The van der Waals surface area contributed by atoms with Crippen molar-refractivity contribution >= 4 is 28.9 Å². The molecule has 1 rings (SSSR count). The second-order valence-electron chi connectivity index (χ2n) is 4.68. The molecule has 0 atom stereocenters. The van der Waals surface area contributed by atoms with Crippen LogP contribution in [0.1, 0.15) is 42.1 Å². The van der Waals surface area contributed by atoms with E-state index in [9.17, 15) is 14.9 Å². The molecule has 1 aromatic rings. The zero-order valence-electron chi connectivity index (χ0n) is 12.1. The third-order valence-corrected chi connectivity index (χ3v) is 3.20. The lowest BCUT2D eigenvalue weighted by molar-refractivity contribution is -0.385. The molecule has 0 saturated heterocycles. The van der Waals surface area contributed by atoms with Crippen LogP contribution >= 0.6 is 12.2 Å². The van der Waals surface area contributed by atoms with E-state index in [1.807, 2.05) is 0 Å². The molecule has 0 saturated carbocycles. The minimum atomic E-state index is -0.475. The molecule has 0 fully saturated rings. The third-order valence-electron chi connectivity index (χ3n) is 2.95. The Morgan fingerprint density at radius 2 is 2.10 bits per heavy atom. The van der Waals surface area contributed by atoms with E-state index in [1.54, 1.807) is 6.92 Å². The highest BCUT2D eigenvalue weighted by atomic mass is 32.1. The van der Waals surface area contributed by atoms with Gasteiger partial charge in [-0.3, -0.25) is 20.2 Å². The van der Waals surface area contributed by atoms with Gasteiger partial charge >= 0.3 is 0 Å². The van der Waals surface area contributed by atoms with Crippen LogP contribution in [0.3, 0.4) is 0 Å². The molecule has 0 heterocycles. The molecular weight excluding hydrogens is 290 g/mol. The van der Waals surface area contributed by atoms with Crippen molar-refractivity contribution < 1.29 is 9.72 Å². The normalized spacial score (nSPS) is 10.0. The van der Waals surface area contributed by atoms with Crippen LogP contribution in [0.15, 0.2) is 18.2 Å². The zero-order valence-corrected chi connectivity index (χ0v) is 13.0. The molecule has 0 aromatic heterocycles. The van der Waals surface area contributed by atoms with Crippen LogP contribution in [-0.4, -0.2) is 22.5 Å². The molecule has 0 bridgehead atoms. The Labute approximate surface area is 129 Å². The van der Waals surface area contributed by atoms with Gasteiger partial charge < -0.3 is 5.32 Å². The Kier molecular flexibility index (Phi) is 6.74. The number of aryl methyl sites for hydroxylation is 1. The van der Waals surface area contributed by atoms with Crippen LogP contribution in [0.4, 0.5) is 5.69 Å². The van der Waals surface area contributed by atoms with Gasteiger partial charge in [-0.05, 0) is 37.7 Å². The van der Waals surface area contributed by atoms with Gasteiger partial charge in [-0.15, -0.1) is 0 Å². The monoisotopic (exact) mass is 309 g/mol. The molecule has 0 spiro atoms. The van der Waals surface area contributed by atoms with E-state index >= 15 is 0 Å². The van der Waals surface area contributed by atoms with Gasteiger partial charge in [0.15, 0.2) is 5.11 Å². The summed E-state index contributed by atoms with van der Waals surface area (Å²) in [5.41, 5.74) is 0.775. The minimum absolute atomic E-state index is 0.00758. The lowest BCUT2D eigenvalue weighted by Crippen LogP contribution is -2.39. The minimum Gasteiger partial charge on any atom is -0.362 e. The van der Waals surface area contributed by atoms with Gasteiger partial charge in [0.25, 0.3) is 11.6 Å². The fourth-order valence-corrected chi connectivity index (χ4v) is 1.99. The fourth-order valence-electron chi connectivity index (χ4n) is 1.80. The summed E-state index contributed by atoms with van der Waals surface area (Å²) in [6.45, 7) is 4.42. The molecule has 1 aromatic carbocycles. The summed E-state index contributed by atoms with van der Waals surface area (Å²) in [6.07, 6.45) is 3.21. The molecular formula is C14H19N3O3S. The number of rotatable bonds is 6. The van der Waals surface area contributed by atoms with E-state index in [0.29, 0.717) is 17.7 Å². The molecule has 0 aliphatic carbocycles. The van der Waals surface area contributed by atoms with E-state index in [1.165, 1.54) is 18.2 Å². The summed E-state index contributed by atoms with van der Waals surface area (Å²) in [5.74, 6) is -0.374. The zero-order chi connectivity index (χ0) is 15.8. The summed E-state index contributed by atoms with van der Waals surface area (Å²) in [4.78, 5) is 22.2. The fraction of sp³-hybridized carbons (Fsp3) is 0.429. The first-order valence-electron chi connectivity index (χ1n) is 6.80. The van der Waals surface area contributed by atoms with Crippen molar-refractivity contribution in [2.24, 2.45) is 0 Å². The number of hydrogen-bond acceptors (Lipinski definition) is 4. The van der Waals surface area contributed by atoms with Gasteiger partial charge in [0.05, 0.1) is 4.92 Å². The van der Waals surface area contributed by atoms with Crippen molar-refractivity contribution in [2.75, 3.05) is 6.54 Å². The average molecular weight is 309 g/mol. The van der Waals surface area contributed by atoms with E-state index in [2.05, 4.69) is 17.6 Å². The van der Waals surface area contributed by atoms with E-state index in [4.69, 9.17) is 12.2 Å². The van der Waals surface area contributed by atoms with E-state index in [0.717, 1.165) is 19.3 Å². The lowest BCUT2D eigenvalue weighted by atomic mass is 10.1. The number of carbonyl (C=O) groups is 1. The van der Waals surface area contributed by atoms with Gasteiger partial charge in [0, 0.05) is 23.7 Å². The number of nitrogens with zero attached hydrogens (tertiary/aromatic N) is 1. The van der Waals surface area contributed by atoms with Crippen LogP contribution in [0, 0.1) is 17.0 Å². The largest absolute Gasteiger partial charge is 0.362 e. The Morgan fingerprint density at radius 1 is 1.38 bits per heavy atom. The van der Waals surface area contributed by atoms with Gasteiger partial charge in [0.1, 0.15) is 0 Å². The van der Waals surface area contributed by atoms with Crippen molar-refractivity contribution in [2.45, 2.75) is 33.1 Å². The molecule has 7 heteroatoms. The summed E-state index contributed by atoms with van der Waals surface area (Å²) in [5, 5.41) is 16.5. The van der Waals surface area contributed by atoms with Gasteiger partial charge in [0.2, 0.25) is 0 Å². The van der Waals surface area contributed by atoms with Crippen molar-refractivity contribution in [1.29, 1.82) is 0 Å². The quantitative estimate of drug-likeness (QED) is 0.365. The van der Waals surface area contributed by atoms with Crippen LogP contribution in [0.5, 0.6) is 0 Å². The van der Waals surface area contributed by atoms with Crippen molar-refractivity contribution in [3.8, 4) is 0 Å². The maximum atomic E-state index is 12.0. The van der Waals surface area contributed by atoms with Gasteiger partial charge in [-0.1, -0.05) is 19.8 Å². The van der Waals surface area contributed by atoms with Gasteiger partial charge in [-0.25, -0.2) is 0 Å². The maximum Gasteiger partial charge on any atom is 0.272 e. The summed E-state index contributed by atoms with van der Waals surface area (Å²) in [7, 11) is 0. The molecule has 0 radical (unpaired) electrons. The van der Waals surface area contributed by atoms with Crippen LogP contribution in [-0.2, 0) is 0 Å². The van der Waals surface area contributed by atoms with Crippen LogP contribution in [0.2, 0.25) is 0 Å². The number of carbonyl (C=O) groups excluding carboxylic acids is 1. The Bertz CT molecular complexity index is 546. The van der Waals surface area contributed by atoms with Crippen LogP contribution < -0.4 is 10.6 Å². The van der Waals surface area contributed by atoms with Crippen LogP contribution in [0.25, 0.3) is 0 Å². The second kappa shape index (κ2) is 8.31. The highest BCUT2D eigenvalue weighted by molar-refractivity contribution is 7.80. The number of thiocarbonyl (C=S) groups is 1. The SMILES string of the molecule is CCCCCNC(=S)NC(=O)c1ccc([N+](=O)[O-])c(C)c1. The summed E-state index contributed by atoms with van der Waals surface area (Å²) >= 11 is 5.03. The number of amides is 1. The molecule has 21 heavy (non-hydrogen) atoms. The van der Waals surface area contributed by atoms with Gasteiger partial charge in [-0.2, -0.15) is 0 Å². The lowest BCUT2D eigenvalue weighted by Gasteiger charge is -2.09. The first kappa shape index (κ1) is 17.0. The number of nitro benzene ring substituents is 1. The number of nitro groups is 1. The Morgan fingerprint density at radius 3 is 2.67 bits per heavy atom. The summed E-state index contributed by atoms with van der Waals surface area (Å²) < 4.78 is 0. The third kappa shape index (κ3) is 5.47. The summed E-state index contributed by atoms with van der Waals surface area (Å²) in [6, 6.07) is 4.22. The molecule has 0 aliphatic heterocycles. The maximum absolute atomic E-state index is 12.0. The number of hydrogen-bond donors (Lipinski definition) is 2. The predicted molar refractivity (Wildman–Crippen MR) is 85.4 cm³/mol. The van der Waals surface area contributed by atoms with Crippen molar-refractivity contribution in [3.05, 3.63) is 39.4 Å². The van der Waals surface area contributed by atoms with E-state index in [-0.39, 0.29) is 16.7 Å². The molecule has 6 nitrogen and oxygen atoms in total. The predicted octanol–water partition coefficient (Wildman–Crippen LogP) is 2.70. The Balaban J connectivity index is 2.57.